The maximum Gasteiger partial charge on any atom is 0.258 e. The molecule has 0 saturated carbocycles. The minimum Gasteiger partial charge on any atom is -0.355 e. The van der Waals surface area contributed by atoms with Crippen molar-refractivity contribution in [3.05, 3.63) is 108 Å². The summed E-state index contributed by atoms with van der Waals surface area (Å²) in [7, 11) is 0. The molecule has 1 aliphatic heterocycles. The van der Waals surface area contributed by atoms with Crippen molar-refractivity contribution in [1.29, 1.82) is 0 Å². The van der Waals surface area contributed by atoms with Gasteiger partial charge in [-0.3, -0.25) is 9.78 Å². The number of carbonyl (C=O) groups is 1. The molecule has 1 aromatic heterocycles. The first kappa shape index (κ1) is 19.8. The second-order valence-corrected chi connectivity index (χ2v) is 7.76. The maximum atomic E-state index is 13.2. The molecule has 0 aliphatic carbocycles. The molecule has 5 rings (SSSR count). The van der Waals surface area contributed by atoms with Gasteiger partial charge in [0, 0.05) is 45.9 Å². The van der Waals surface area contributed by atoms with E-state index in [9.17, 15) is 9.18 Å². The van der Waals surface area contributed by atoms with E-state index in [0.717, 1.165) is 39.7 Å². The molecule has 158 valence electrons. The third kappa shape index (κ3) is 4.03. The number of amides is 1. The number of hydrogen-bond acceptors (Lipinski definition) is 4. The zero-order valence-electron chi connectivity index (χ0n) is 17.5. The van der Waals surface area contributed by atoms with Gasteiger partial charge >= 0.3 is 0 Å². The Morgan fingerprint density at radius 2 is 1.56 bits per heavy atom. The van der Waals surface area contributed by atoms with Gasteiger partial charge in [0.2, 0.25) is 0 Å². The molecule has 2 N–H and O–H groups in total. The minimum absolute atomic E-state index is 0.0229. The van der Waals surface area contributed by atoms with Crippen LogP contribution >= 0.6 is 0 Å². The van der Waals surface area contributed by atoms with Crippen LogP contribution in [0.1, 0.15) is 21.6 Å². The average molecular weight is 424 g/mol. The Balaban J connectivity index is 1.35. The van der Waals surface area contributed by atoms with Gasteiger partial charge in [-0.05, 0) is 85.3 Å². The van der Waals surface area contributed by atoms with Crippen LogP contribution < -0.4 is 15.5 Å². The molecular formula is C26H21FN4O. The van der Waals surface area contributed by atoms with Crippen molar-refractivity contribution in [1.82, 2.24) is 4.98 Å². The first-order valence-electron chi connectivity index (χ1n) is 10.3. The molecule has 0 unspecified atom stereocenters. The highest BCUT2D eigenvalue weighted by molar-refractivity contribution is 6.10. The summed E-state index contributed by atoms with van der Waals surface area (Å²) in [6.45, 7) is 2.45. The molecular weight excluding hydrogens is 403 g/mol. The van der Waals surface area contributed by atoms with Crippen LogP contribution in [0, 0.1) is 12.7 Å². The van der Waals surface area contributed by atoms with Gasteiger partial charge in [-0.25, -0.2) is 4.39 Å². The second-order valence-electron chi connectivity index (χ2n) is 7.76. The lowest BCUT2D eigenvalue weighted by Gasteiger charge is -2.17. The first-order valence-corrected chi connectivity index (χ1v) is 10.3. The summed E-state index contributed by atoms with van der Waals surface area (Å²) >= 11 is 0. The SMILES string of the molecule is Cc1cc(Nc2ccc3c(c2)CN(c2cccc(Nc4ccc(F)cc4)c2)C3=O)ccn1. The minimum atomic E-state index is -0.280. The van der Waals surface area contributed by atoms with Crippen LogP contribution in [0.25, 0.3) is 0 Å². The van der Waals surface area contributed by atoms with Gasteiger partial charge in [-0.15, -0.1) is 0 Å². The maximum absolute atomic E-state index is 13.2. The number of benzene rings is 3. The molecule has 0 atom stereocenters. The molecule has 0 radical (unpaired) electrons. The fraction of sp³-hybridized carbons (Fsp3) is 0.0769. The van der Waals surface area contributed by atoms with Gasteiger partial charge in [-0.2, -0.15) is 0 Å². The average Bonchev–Trinajstić information content (AvgIpc) is 3.11. The zero-order valence-corrected chi connectivity index (χ0v) is 17.5. The quantitative estimate of drug-likeness (QED) is 0.402. The summed E-state index contributed by atoms with van der Waals surface area (Å²) in [5.41, 5.74) is 6.91. The molecule has 3 aromatic carbocycles. The summed E-state index contributed by atoms with van der Waals surface area (Å²) < 4.78 is 13.2. The van der Waals surface area contributed by atoms with Gasteiger partial charge in [-0.1, -0.05) is 6.07 Å². The van der Waals surface area contributed by atoms with Gasteiger partial charge in [0.15, 0.2) is 0 Å². The summed E-state index contributed by atoms with van der Waals surface area (Å²) in [6.07, 6.45) is 1.77. The van der Waals surface area contributed by atoms with Gasteiger partial charge in [0.25, 0.3) is 5.91 Å². The van der Waals surface area contributed by atoms with Crippen molar-refractivity contribution >= 4 is 34.3 Å². The molecule has 4 aromatic rings. The van der Waals surface area contributed by atoms with Crippen molar-refractivity contribution in [2.75, 3.05) is 15.5 Å². The molecule has 6 heteroatoms. The van der Waals surface area contributed by atoms with Gasteiger partial charge < -0.3 is 15.5 Å². The Kier molecular flexibility index (Phi) is 5.03. The summed E-state index contributed by atoms with van der Waals surface area (Å²) in [6, 6.07) is 23.5. The van der Waals surface area contributed by atoms with E-state index in [0.29, 0.717) is 12.1 Å². The van der Waals surface area contributed by atoms with Crippen molar-refractivity contribution in [3.8, 4) is 0 Å². The fourth-order valence-electron chi connectivity index (χ4n) is 3.85. The van der Waals surface area contributed by atoms with Crippen LogP contribution in [0.5, 0.6) is 0 Å². The number of nitrogens with one attached hydrogen (secondary N) is 2. The Bertz CT molecular complexity index is 1300. The molecule has 0 spiro atoms. The second kappa shape index (κ2) is 8.15. The van der Waals surface area contributed by atoms with Crippen LogP contribution in [-0.2, 0) is 6.54 Å². The summed E-state index contributed by atoms with van der Waals surface area (Å²) in [5.74, 6) is -0.303. The monoisotopic (exact) mass is 424 g/mol. The van der Waals surface area contributed by atoms with E-state index in [1.165, 1.54) is 12.1 Å². The van der Waals surface area contributed by atoms with Crippen molar-refractivity contribution in [2.45, 2.75) is 13.5 Å². The molecule has 1 aliphatic rings. The molecule has 2 heterocycles. The standard InChI is InChI=1S/C26H21FN4O/c1-17-13-23(11-12-28-17)30-22-9-10-25-18(14-22)16-31(26(25)32)24-4-2-3-21(15-24)29-20-7-5-19(27)6-8-20/h2-15,29H,16H2,1H3,(H,28,30). The number of aryl methyl sites for hydroxylation is 1. The number of carbonyl (C=O) groups excluding carboxylic acids is 1. The molecule has 32 heavy (non-hydrogen) atoms. The lowest BCUT2D eigenvalue weighted by molar-refractivity contribution is 0.0996. The lowest BCUT2D eigenvalue weighted by Crippen LogP contribution is -2.22. The van der Waals surface area contributed by atoms with E-state index in [2.05, 4.69) is 15.6 Å². The Hall–Kier alpha value is -4.19. The van der Waals surface area contributed by atoms with Crippen molar-refractivity contribution in [2.24, 2.45) is 0 Å². The highest BCUT2D eigenvalue weighted by Crippen LogP contribution is 2.32. The van der Waals surface area contributed by atoms with Crippen LogP contribution in [-0.4, -0.2) is 10.9 Å². The van der Waals surface area contributed by atoms with E-state index in [-0.39, 0.29) is 11.7 Å². The highest BCUT2D eigenvalue weighted by atomic mass is 19.1. The zero-order chi connectivity index (χ0) is 22.1. The number of fused-ring (bicyclic) bond motifs is 1. The number of pyridine rings is 1. The Labute approximate surface area is 185 Å². The number of rotatable bonds is 5. The van der Waals surface area contributed by atoms with E-state index in [1.54, 1.807) is 23.2 Å². The van der Waals surface area contributed by atoms with E-state index in [1.807, 2.05) is 61.5 Å². The molecule has 5 nitrogen and oxygen atoms in total. The number of anilines is 5. The van der Waals surface area contributed by atoms with Crippen molar-refractivity contribution < 1.29 is 9.18 Å². The molecule has 0 fully saturated rings. The van der Waals surface area contributed by atoms with Crippen LogP contribution in [0.15, 0.2) is 85.1 Å². The Morgan fingerprint density at radius 3 is 2.38 bits per heavy atom. The van der Waals surface area contributed by atoms with Gasteiger partial charge in [0.05, 0.1) is 6.54 Å². The van der Waals surface area contributed by atoms with E-state index in [4.69, 9.17) is 0 Å². The number of hydrogen-bond donors (Lipinski definition) is 2. The number of aromatic nitrogens is 1. The normalized spacial score (nSPS) is 12.6. The highest BCUT2D eigenvalue weighted by Gasteiger charge is 2.28. The summed E-state index contributed by atoms with van der Waals surface area (Å²) in [5, 5.41) is 6.63. The predicted octanol–water partition coefficient (Wildman–Crippen LogP) is 6.18. The van der Waals surface area contributed by atoms with Crippen LogP contribution in [0.2, 0.25) is 0 Å². The molecule has 1 amide bonds. The number of nitrogens with zero attached hydrogens (tertiary/aromatic N) is 2. The first-order chi connectivity index (χ1) is 15.5. The largest absolute Gasteiger partial charge is 0.355 e. The molecule has 0 bridgehead atoms. The van der Waals surface area contributed by atoms with Crippen LogP contribution in [0.4, 0.5) is 32.8 Å². The fourth-order valence-corrected chi connectivity index (χ4v) is 3.85. The third-order valence-electron chi connectivity index (χ3n) is 5.39. The topological polar surface area (TPSA) is 57.3 Å². The summed E-state index contributed by atoms with van der Waals surface area (Å²) in [4.78, 5) is 19.0. The predicted molar refractivity (Wildman–Crippen MR) is 125 cm³/mol. The van der Waals surface area contributed by atoms with Gasteiger partial charge in [0.1, 0.15) is 5.82 Å². The third-order valence-corrected chi connectivity index (χ3v) is 5.39. The van der Waals surface area contributed by atoms with E-state index >= 15 is 0 Å². The lowest BCUT2D eigenvalue weighted by atomic mass is 10.1. The Morgan fingerprint density at radius 1 is 0.844 bits per heavy atom. The molecule has 0 saturated heterocycles. The van der Waals surface area contributed by atoms with Crippen molar-refractivity contribution in [3.63, 3.8) is 0 Å². The number of halogens is 1. The smallest absolute Gasteiger partial charge is 0.258 e. The van der Waals surface area contributed by atoms with Crippen LogP contribution in [0.3, 0.4) is 0 Å². The van der Waals surface area contributed by atoms with E-state index < -0.39 is 0 Å².